The molecule has 0 spiro atoms. The fraction of sp³-hybridized carbons (Fsp3) is 0.850. The Kier molecular flexibility index (Phi) is 5.06. The van der Waals surface area contributed by atoms with E-state index in [9.17, 15) is 4.79 Å². The molecule has 0 unspecified atom stereocenters. The third kappa shape index (κ3) is 4.05. The molecule has 3 heterocycles. The first-order valence-corrected chi connectivity index (χ1v) is 10.6. The lowest BCUT2D eigenvalue weighted by atomic mass is 9.75. The fourth-order valence-corrected chi connectivity index (χ4v) is 4.05. The van der Waals surface area contributed by atoms with Gasteiger partial charge in [0, 0.05) is 45.8 Å². The summed E-state index contributed by atoms with van der Waals surface area (Å²) in [5.74, 6) is 0.924. The average molecular weight is 375 g/mol. The van der Waals surface area contributed by atoms with Gasteiger partial charge in [0.1, 0.15) is 0 Å². The minimum Gasteiger partial charge on any atom is -0.400 e. The van der Waals surface area contributed by atoms with Crippen LogP contribution in [-0.2, 0) is 9.31 Å². The molecule has 150 valence electrons. The van der Waals surface area contributed by atoms with Crippen molar-refractivity contribution in [2.75, 3.05) is 45.8 Å². The number of hydrogen-bond donors (Lipinski definition) is 0. The lowest BCUT2D eigenvalue weighted by Gasteiger charge is -2.38. The standard InChI is InChI=1S/C20H34BN3O3/c1-19(2)20(3,4)27-21(26-19)17-7-9-23(10-8-17)18(25)24-13-11-22(12-14-24)15-16-5-6-16/h7,16H,5-6,8-15H2,1-4H3. The zero-order valence-electron chi connectivity index (χ0n) is 17.4. The molecule has 0 aromatic carbocycles. The highest BCUT2D eigenvalue weighted by molar-refractivity contribution is 6.54. The first-order valence-electron chi connectivity index (χ1n) is 10.6. The summed E-state index contributed by atoms with van der Waals surface area (Å²) in [6.45, 7) is 14.7. The van der Waals surface area contributed by atoms with Gasteiger partial charge in [0.2, 0.25) is 0 Å². The molecule has 27 heavy (non-hydrogen) atoms. The van der Waals surface area contributed by atoms with Crippen LogP contribution in [0.1, 0.15) is 47.0 Å². The molecule has 2 amide bonds. The van der Waals surface area contributed by atoms with Crippen molar-refractivity contribution in [3.8, 4) is 0 Å². The van der Waals surface area contributed by atoms with Gasteiger partial charge in [0.05, 0.1) is 11.2 Å². The average Bonchev–Trinajstić information content (AvgIpc) is 3.41. The minimum atomic E-state index is -0.314. The molecule has 0 N–H and O–H groups in total. The van der Waals surface area contributed by atoms with Gasteiger partial charge >= 0.3 is 13.1 Å². The van der Waals surface area contributed by atoms with Crippen LogP contribution in [0.2, 0.25) is 0 Å². The van der Waals surface area contributed by atoms with E-state index in [1.807, 2.05) is 9.80 Å². The van der Waals surface area contributed by atoms with Gasteiger partial charge in [0.25, 0.3) is 0 Å². The highest BCUT2D eigenvalue weighted by atomic mass is 16.7. The number of carbonyl (C=O) groups is 1. The Labute approximate surface area is 164 Å². The summed E-state index contributed by atoms with van der Waals surface area (Å²) in [4.78, 5) is 19.4. The molecule has 3 aliphatic heterocycles. The van der Waals surface area contributed by atoms with Crippen molar-refractivity contribution < 1.29 is 14.1 Å². The van der Waals surface area contributed by atoms with Crippen LogP contribution < -0.4 is 0 Å². The fourth-order valence-electron chi connectivity index (χ4n) is 4.05. The molecule has 0 bridgehead atoms. The smallest absolute Gasteiger partial charge is 0.400 e. The van der Waals surface area contributed by atoms with E-state index in [0.29, 0.717) is 6.54 Å². The Bertz CT molecular complexity index is 594. The van der Waals surface area contributed by atoms with E-state index in [0.717, 1.165) is 45.1 Å². The molecule has 3 fully saturated rings. The summed E-state index contributed by atoms with van der Waals surface area (Å²) in [7, 11) is -0.279. The van der Waals surface area contributed by atoms with E-state index in [4.69, 9.17) is 9.31 Å². The van der Waals surface area contributed by atoms with Crippen molar-refractivity contribution in [2.24, 2.45) is 5.92 Å². The summed E-state index contributed by atoms with van der Waals surface area (Å²) in [6, 6.07) is 0.185. The maximum Gasteiger partial charge on any atom is 0.490 e. The van der Waals surface area contributed by atoms with Crippen molar-refractivity contribution in [2.45, 2.75) is 58.2 Å². The normalized spacial score (nSPS) is 28.4. The molecule has 0 radical (unpaired) electrons. The van der Waals surface area contributed by atoms with Gasteiger partial charge in [-0.2, -0.15) is 0 Å². The highest BCUT2D eigenvalue weighted by Gasteiger charge is 2.52. The monoisotopic (exact) mass is 375 g/mol. The third-order valence-electron chi connectivity index (χ3n) is 6.93. The summed E-state index contributed by atoms with van der Waals surface area (Å²) < 4.78 is 12.3. The number of piperazine rings is 1. The molecule has 1 aliphatic carbocycles. The van der Waals surface area contributed by atoms with E-state index in [1.165, 1.54) is 24.9 Å². The van der Waals surface area contributed by atoms with Gasteiger partial charge in [-0.1, -0.05) is 6.08 Å². The van der Waals surface area contributed by atoms with Gasteiger partial charge in [0.15, 0.2) is 0 Å². The topological polar surface area (TPSA) is 45.2 Å². The lowest BCUT2D eigenvalue weighted by molar-refractivity contribution is 0.00578. The molecule has 2 saturated heterocycles. The Morgan fingerprint density at radius 3 is 2.19 bits per heavy atom. The largest absolute Gasteiger partial charge is 0.490 e. The van der Waals surface area contributed by atoms with Gasteiger partial charge < -0.3 is 19.1 Å². The molecule has 4 rings (SSSR count). The molecule has 0 atom stereocenters. The minimum absolute atomic E-state index is 0.185. The quantitative estimate of drug-likeness (QED) is 0.711. The van der Waals surface area contributed by atoms with Crippen molar-refractivity contribution >= 4 is 13.1 Å². The number of rotatable bonds is 3. The summed E-state index contributed by atoms with van der Waals surface area (Å²) >= 11 is 0. The molecular weight excluding hydrogens is 341 g/mol. The van der Waals surface area contributed by atoms with Gasteiger partial charge in [-0.25, -0.2) is 4.79 Å². The molecule has 0 aromatic heterocycles. The highest BCUT2D eigenvalue weighted by Crippen LogP contribution is 2.39. The van der Waals surface area contributed by atoms with Crippen molar-refractivity contribution in [3.63, 3.8) is 0 Å². The van der Waals surface area contributed by atoms with Crippen LogP contribution >= 0.6 is 0 Å². The third-order valence-corrected chi connectivity index (χ3v) is 6.93. The second kappa shape index (κ2) is 7.09. The first kappa shape index (κ1) is 19.3. The maximum absolute atomic E-state index is 12.9. The zero-order valence-corrected chi connectivity index (χ0v) is 17.4. The number of hydrogen-bond acceptors (Lipinski definition) is 4. The molecule has 6 nitrogen and oxygen atoms in total. The van der Waals surface area contributed by atoms with Crippen LogP contribution in [0.25, 0.3) is 0 Å². The van der Waals surface area contributed by atoms with Crippen LogP contribution in [0.15, 0.2) is 11.5 Å². The van der Waals surface area contributed by atoms with Gasteiger partial charge in [-0.3, -0.25) is 4.90 Å². The van der Waals surface area contributed by atoms with E-state index >= 15 is 0 Å². The predicted molar refractivity (Wildman–Crippen MR) is 106 cm³/mol. The van der Waals surface area contributed by atoms with Crippen LogP contribution in [0.5, 0.6) is 0 Å². The second-order valence-electron chi connectivity index (χ2n) is 9.58. The number of urea groups is 1. The Morgan fingerprint density at radius 1 is 1.04 bits per heavy atom. The van der Waals surface area contributed by atoms with Crippen LogP contribution in [0, 0.1) is 5.92 Å². The van der Waals surface area contributed by atoms with Crippen molar-refractivity contribution in [1.82, 2.24) is 14.7 Å². The Hall–Kier alpha value is -1.05. The predicted octanol–water partition coefficient (Wildman–Crippen LogP) is 2.40. The SMILES string of the molecule is CC1(C)OB(C2=CCN(C(=O)N3CCN(CC4CC4)CC3)CC2)OC1(C)C. The second-order valence-corrected chi connectivity index (χ2v) is 9.58. The Morgan fingerprint density at radius 2 is 1.67 bits per heavy atom. The van der Waals surface area contributed by atoms with Gasteiger partial charge in [-0.15, -0.1) is 0 Å². The molecule has 1 saturated carbocycles. The molecule has 0 aromatic rings. The zero-order chi connectivity index (χ0) is 19.2. The molecule has 4 aliphatic rings. The van der Waals surface area contributed by atoms with Crippen LogP contribution in [-0.4, -0.2) is 84.9 Å². The van der Waals surface area contributed by atoms with Crippen LogP contribution in [0.3, 0.4) is 0 Å². The summed E-state index contributed by atoms with van der Waals surface area (Å²) in [5.41, 5.74) is 0.545. The van der Waals surface area contributed by atoms with E-state index in [2.05, 4.69) is 38.7 Å². The number of carbonyl (C=O) groups excluding carboxylic acids is 1. The van der Waals surface area contributed by atoms with Gasteiger partial charge in [-0.05, 0) is 58.3 Å². The van der Waals surface area contributed by atoms with Crippen molar-refractivity contribution in [3.05, 3.63) is 11.5 Å². The molecular formula is C20H34BN3O3. The lowest BCUT2D eigenvalue weighted by Crippen LogP contribution is -2.53. The summed E-state index contributed by atoms with van der Waals surface area (Å²) in [5, 5.41) is 0. The van der Waals surface area contributed by atoms with Crippen molar-refractivity contribution in [1.29, 1.82) is 0 Å². The van der Waals surface area contributed by atoms with Crippen LogP contribution in [0.4, 0.5) is 4.79 Å². The Balaban J connectivity index is 1.28. The van der Waals surface area contributed by atoms with E-state index < -0.39 is 0 Å². The van der Waals surface area contributed by atoms with E-state index in [1.54, 1.807) is 0 Å². The number of nitrogens with zero attached hydrogens (tertiary/aromatic N) is 3. The first-order chi connectivity index (χ1) is 12.7. The number of amides is 2. The summed E-state index contributed by atoms with van der Waals surface area (Å²) in [6.07, 6.45) is 5.74. The van der Waals surface area contributed by atoms with E-state index in [-0.39, 0.29) is 24.4 Å². The molecule has 7 heteroatoms. The maximum atomic E-state index is 12.9.